The highest BCUT2D eigenvalue weighted by Gasteiger charge is 2.07. The van der Waals surface area contributed by atoms with Crippen LogP contribution < -0.4 is 5.73 Å². The third-order valence-corrected chi connectivity index (χ3v) is 1.31. The lowest BCUT2D eigenvalue weighted by Crippen LogP contribution is -2.61. The summed E-state index contributed by atoms with van der Waals surface area (Å²) in [5.74, 6) is -0.0220. The Morgan fingerprint density at radius 3 is 2.22 bits per heavy atom. The highest BCUT2D eigenvalue weighted by atomic mass is 16.1. The maximum atomic E-state index is 10.4. The molecule has 0 aromatic heterocycles. The first-order chi connectivity index (χ1) is 4.04. The zero-order chi connectivity index (χ0) is 7.44. The minimum Gasteiger partial charge on any atom is -0.293 e. The largest absolute Gasteiger partial charge is 0.322 e. The lowest BCUT2D eigenvalue weighted by Gasteiger charge is -2.16. The van der Waals surface area contributed by atoms with E-state index in [1.165, 1.54) is 0 Å². The van der Waals surface area contributed by atoms with Crippen LogP contribution in [-0.4, -0.2) is 30.4 Å². The van der Waals surface area contributed by atoms with Crippen LogP contribution in [0.2, 0.25) is 0 Å². The highest BCUT2D eigenvalue weighted by molar-refractivity contribution is 5.66. The Labute approximate surface area is 55.8 Å². The summed E-state index contributed by atoms with van der Waals surface area (Å²) in [5, 5.41) is 0. The second-order valence-corrected chi connectivity index (χ2v) is 2.55. The fourth-order valence-electron chi connectivity index (χ4n) is 0.461. The Kier molecular flexibility index (Phi) is 3.42. The van der Waals surface area contributed by atoms with Crippen molar-refractivity contribution in [2.24, 2.45) is 0 Å². The molecule has 3 heteroatoms. The van der Waals surface area contributed by atoms with Crippen LogP contribution in [0, 0.1) is 0 Å². The Morgan fingerprint density at radius 1 is 1.67 bits per heavy atom. The number of hydrogen-bond donors (Lipinski definition) is 1. The predicted molar refractivity (Wildman–Crippen MR) is 35.7 cm³/mol. The van der Waals surface area contributed by atoms with E-state index in [1.54, 1.807) is 0 Å². The van der Waals surface area contributed by atoms with Gasteiger partial charge in [0.1, 0.15) is 6.54 Å². The van der Waals surface area contributed by atoms with E-state index in [0.717, 1.165) is 0 Å². The van der Waals surface area contributed by atoms with E-state index in [2.05, 4.69) is 5.73 Å². The van der Waals surface area contributed by atoms with E-state index in [9.17, 15) is 4.79 Å². The minimum absolute atomic E-state index is 0.0220. The standard InChI is InChI=1S/C6H14N2O/c1-5(2)8(3)4-6(7)9/h5H,4H2,1-3H3,(H2,7,9)/p+1. The van der Waals surface area contributed by atoms with Crippen molar-refractivity contribution in [3.63, 3.8) is 0 Å². The molecule has 0 aromatic carbocycles. The quantitative estimate of drug-likeness (QED) is 0.539. The van der Waals surface area contributed by atoms with Gasteiger partial charge in [-0.3, -0.25) is 10.6 Å². The highest BCUT2D eigenvalue weighted by Crippen LogP contribution is 1.89. The van der Waals surface area contributed by atoms with Crippen LogP contribution in [-0.2, 0) is 4.79 Å². The van der Waals surface area contributed by atoms with Gasteiger partial charge in [0.25, 0.3) is 0 Å². The third-order valence-electron chi connectivity index (χ3n) is 1.31. The molecule has 0 bridgehead atoms. The van der Waals surface area contributed by atoms with E-state index in [0.29, 0.717) is 12.6 Å². The smallest absolute Gasteiger partial charge is 0.293 e. The first-order valence-electron chi connectivity index (χ1n) is 3.09. The molecule has 54 valence electrons. The summed E-state index contributed by atoms with van der Waals surface area (Å²) in [6, 6.07) is 0.427. The summed E-state index contributed by atoms with van der Waals surface area (Å²) in [6.45, 7) is 4.55. The van der Waals surface area contributed by atoms with Gasteiger partial charge in [-0.05, 0) is 20.9 Å². The molecule has 0 unspecified atom stereocenters. The molecule has 0 atom stereocenters. The number of carbonyl (C=O) groups excluding carboxylic acids is 1. The fraction of sp³-hybridized carbons (Fsp3) is 0.833. The van der Waals surface area contributed by atoms with Crippen molar-refractivity contribution in [2.75, 3.05) is 13.6 Å². The number of amides is 1. The Bertz CT molecular complexity index is 101. The second-order valence-electron chi connectivity index (χ2n) is 2.55. The van der Waals surface area contributed by atoms with Gasteiger partial charge in [-0.1, -0.05) is 0 Å². The molecular formula is C6H15N2O+. The van der Waals surface area contributed by atoms with Crippen LogP contribution in [0.1, 0.15) is 13.8 Å². The molecule has 0 aliphatic heterocycles. The summed E-state index contributed by atoms with van der Waals surface area (Å²) in [5.41, 5.74) is 3.28. The van der Waals surface area contributed by atoms with E-state index < -0.39 is 0 Å². The summed E-state index contributed by atoms with van der Waals surface area (Å²) < 4.78 is 0. The Morgan fingerprint density at radius 2 is 2.11 bits per heavy atom. The third kappa shape index (κ3) is 4.12. The van der Waals surface area contributed by atoms with Gasteiger partial charge in [0.05, 0.1) is 0 Å². The first kappa shape index (κ1) is 8.59. The second kappa shape index (κ2) is 3.58. The lowest BCUT2D eigenvalue weighted by atomic mass is 10.3. The molecule has 3 N–H and O–H groups in total. The number of rotatable bonds is 3. The Balaban J connectivity index is 3.50. The number of carbonyl (C=O) groups is 1. The van der Waals surface area contributed by atoms with Gasteiger partial charge < -0.3 is 0 Å². The molecule has 1 amide bonds. The van der Waals surface area contributed by atoms with E-state index in [-0.39, 0.29) is 5.91 Å². The lowest BCUT2D eigenvalue weighted by molar-refractivity contribution is -0.306. The van der Waals surface area contributed by atoms with Gasteiger partial charge in [0, 0.05) is 6.04 Å². The van der Waals surface area contributed by atoms with Crippen molar-refractivity contribution in [1.82, 2.24) is 4.90 Å². The van der Waals surface area contributed by atoms with Gasteiger partial charge in [0.15, 0.2) is 0 Å². The number of hydrogen-bond acceptors (Lipinski definition) is 2. The van der Waals surface area contributed by atoms with Crippen LogP contribution in [0.15, 0.2) is 0 Å². The molecule has 3 nitrogen and oxygen atoms in total. The summed E-state index contributed by atoms with van der Waals surface area (Å²) in [4.78, 5) is 12.4. The summed E-state index contributed by atoms with van der Waals surface area (Å²) in [7, 11) is 1.91. The molecule has 0 aliphatic rings. The van der Waals surface area contributed by atoms with E-state index in [4.69, 9.17) is 0 Å². The molecule has 0 aliphatic carbocycles. The average Bonchev–Trinajstić information content (AvgIpc) is 1.63. The summed E-state index contributed by atoms with van der Waals surface area (Å²) in [6.07, 6.45) is 0. The van der Waals surface area contributed by atoms with Crippen molar-refractivity contribution in [3.05, 3.63) is 0 Å². The van der Waals surface area contributed by atoms with Crippen LogP contribution in [0.25, 0.3) is 0 Å². The van der Waals surface area contributed by atoms with Crippen molar-refractivity contribution in [2.45, 2.75) is 19.9 Å². The van der Waals surface area contributed by atoms with Crippen LogP contribution in [0.3, 0.4) is 0 Å². The number of nitrogens with zero attached hydrogens (tertiary/aromatic N) is 1. The van der Waals surface area contributed by atoms with E-state index in [1.807, 2.05) is 25.8 Å². The zero-order valence-corrected chi connectivity index (χ0v) is 6.35. The van der Waals surface area contributed by atoms with Crippen molar-refractivity contribution >= 4 is 5.91 Å². The molecular weight excluding hydrogens is 116 g/mol. The van der Waals surface area contributed by atoms with Crippen LogP contribution in [0.5, 0.6) is 0 Å². The van der Waals surface area contributed by atoms with Gasteiger partial charge in [-0.15, -0.1) is 0 Å². The first-order valence-corrected chi connectivity index (χ1v) is 3.09. The minimum atomic E-state index is -0.0220. The molecule has 0 heterocycles. The van der Waals surface area contributed by atoms with Crippen molar-refractivity contribution in [3.8, 4) is 0 Å². The maximum absolute atomic E-state index is 10.4. The topological polar surface area (TPSA) is 48.0 Å². The molecule has 0 rings (SSSR count). The van der Waals surface area contributed by atoms with E-state index >= 15 is 0 Å². The van der Waals surface area contributed by atoms with Gasteiger partial charge in [0.2, 0.25) is 0 Å². The molecule has 9 heavy (non-hydrogen) atoms. The van der Waals surface area contributed by atoms with Gasteiger partial charge >= 0.3 is 5.91 Å². The summed E-state index contributed by atoms with van der Waals surface area (Å²) >= 11 is 0. The molecule has 0 saturated carbocycles. The average molecular weight is 131 g/mol. The van der Waals surface area contributed by atoms with Gasteiger partial charge in [-0.25, -0.2) is 4.79 Å². The monoisotopic (exact) mass is 131 g/mol. The fourth-order valence-corrected chi connectivity index (χ4v) is 0.461. The van der Waals surface area contributed by atoms with Crippen molar-refractivity contribution < 1.29 is 10.5 Å². The predicted octanol–water partition coefficient (Wildman–Crippen LogP) is -0.905. The van der Waals surface area contributed by atoms with Crippen LogP contribution >= 0.6 is 0 Å². The molecule has 0 saturated heterocycles. The van der Waals surface area contributed by atoms with Crippen LogP contribution in [0.4, 0.5) is 0 Å². The van der Waals surface area contributed by atoms with Gasteiger partial charge in [-0.2, -0.15) is 0 Å². The van der Waals surface area contributed by atoms with Crippen molar-refractivity contribution in [1.29, 1.82) is 0 Å². The maximum Gasteiger partial charge on any atom is 0.322 e. The molecule has 0 fully saturated rings. The zero-order valence-electron chi connectivity index (χ0n) is 6.35. The SMILES string of the molecule is CC(C)N(C)CC([NH3+])=O. The molecule has 0 spiro atoms. The molecule has 0 radical (unpaired) electrons. The normalized spacial score (nSPS) is 10.9. The number of quaternary nitrogens is 1. The molecule has 0 aromatic rings. The number of likely N-dealkylation sites (N-methyl/N-ethyl adjacent to an activating group) is 1. The Hall–Kier alpha value is -0.410.